The van der Waals surface area contributed by atoms with Crippen LogP contribution in [0.2, 0.25) is 0 Å². The zero-order valence-electron chi connectivity index (χ0n) is 16.5. The molecule has 0 saturated carbocycles. The molecule has 6 heteroatoms. The van der Waals surface area contributed by atoms with E-state index >= 15 is 0 Å². The van der Waals surface area contributed by atoms with Crippen LogP contribution in [-0.2, 0) is 27.2 Å². The summed E-state index contributed by atoms with van der Waals surface area (Å²) in [6.45, 7) is 0.645. The Hall–Kier alpha value is -2.73. The molecule has 3 rings (SSSR count). The lowest BCUT2D eigenvalue weighted by Crippen LogP contribution is -2.33. The highest BCUT2D eigenvalue weighted by molar-refractivity contribution is 7.13. The van der Waals surface area contributed by atoms with Gasteiger partial charge in [-0.1, -0.05) is 36.4 Å². The van der Waals surface area contributed by atoms with E-state index < -0.39 is 0 Å². The fourth-order valence-corrected chi connectivity index (χ4v) is 4.43. The van der Waals surface area contributed by atoms with Gasteiger partial charge in [-0.05, 0) is 43.0 Å². The van der Waals surface area contributed by atoms with Crippen molar-refractivity contribution in [2.75, 3.05) is 13.7 Å². The van der Waals surface area contributed by atoms with Gasteiger partial charge in [-0.3, -0.25) is 9.59 Å². The molecule has 1 saturated heterocycles. The van der Waals surface area contributed by atoms with Crippen molar-refractivity contribution >= 4 is 29.0 Å². The van der Waals surface area contributed by atoms with Crippen molar-refractivity contribution in [3.05, 3.63) is 69.9 Å². The third kappa shape index (κ3) is 5.87. The van der Waals surface area contributed by atoms with Gasteiger partial charge in [0, 0.05) is 24.3 Å². The topological polar surface area (TPSA) is 63.7 Å². The van der Waals surface area contributed by atoms with Gasteiger partial charge in [-0.15, -0.1) is 11.3 Å². The maximum Gasteiger partial charge on any atom is 0.348 e. The highest BCUT2D eigenvalue weighted by atomic mass is 32.1. The lowest BCUT2D eigenvalue weighted by Gasteiger charge is -2.22. The maximum atomic E-state index is 12.2. The average molecular weight is 412 g/mol. The summed E-state index contributed by atoms with van der Waals surface area (Å²) in [6, 6.07) is 13.3. The molecule has 0 N–H and O–H groups in total. The molecular formula is C23H25NO4S. The number of hydrogen-bond donors (Lipinski definition) is 0. The number of allylic oxidation sites excluding steroid dienone is 1. The van der Waals surface area contributed by atoms with Crippen LogP contribution < -0.4 is 0 Å². The third-order valence-corrected chi connectivity index (χ3v) is 6.10. The molecule has 1 aliphatic rings. The molecule has 5 nitrogen and oxygen atoms in total. The lowest BCUT2D eigenvalue weighted by molar-refractivity contribution is -0.128. The number of amides is 1. The lowest BCUT2D eigenvalue weighted by atomic mass is 10.1. The molecule has 2 aromatic rings. The van der Waals surface area contributed by atoms with Crippen molar-refractivity contribution in [2.24, 2.45) is 0 Å². The number of methoxy groups -OCH3 is 1. The van der Waals surface area contributed by atoms with E-state index in [4.69, 9.17) is 4.74 Å². The van der Waals surface area contributed by atoms with E-state index in [1.165, 1.54) is 18.4 Å². The van der Waals surface area contributed by atoms with Gasteiger partial charge in [0.15, 0.2) is 5.78 Å². The number of benzene rings is 1. The standard InChI is InChI=1S/C23H25NO4S/c1-28-23(27)21-13-12-20(29-21)8-5-15-24-18(10-14-22(24)26)9-11-19(25)16-17-6-3-2-4-7-17/h2-4,6-7,9,11-13,18H,5,8,10,14-16H2,1H3/t18-/m0/s1. The summed E-state index contributed by atoms with van der Waals surface area (Å²) < 4.78 is 4.73. The van der Waals surface area contributed by atoms with E-state index in [0.717, 1.165) is 29.7 Å². The van der Waals surface area contributed by atoms with Gasteiger partial charge in [0.25, 0.3) is 0 Å². The molecule has 1 aliphatic heterocycles. The van der Waals surface area contributed by atoms with Crippen LogP contribution in [0.25, 0.3) is 0 Å². The Morgan fingerprint density at radius 1 is 1.21 bits per heavy atom. The van der Waals surface area contributed by atoms with Crippen LogP contribution in [0.15, 0.2) is 54.6 Å². The predicted molar refractivity (Wildman–Crippen MR) is 113 cm³/mol. The number of esters is 1. The van der Waals surface area contributed by atoms with E-state index in [-0.39, 0.29) is 23.7 Å². The number of likely N-dealkylation sites (tertiary alicyclic amines) is 1. The SMILES string of the molecule is COC(=O)c1ccc(CCCN2C(=O)CC[C@@H]2C=CC(=O)Cc2ccccc2)s1. The van der Waals surface area contributed by atoms with Gasteiger partial charge in [0.05, 0.1) is 13.2 Å². The number of ether oxygens (including phenoxy) is 1. The van der Waals surface area contributed by atoms with Crippen molar-refractivity contribution in [1.82, 2.24) is 4.90 Å². The van der Waals surface area contributed by atoms with Gasteiger partial charge in [-0.2, -0.15) is 0 Å². The highest BCUT2D eigenvalue weighted by Gasteiger charge is 2.28. The van der Waals surface area contributed by atoms with Crippen LogP contribution in [0, 0.1) is 0 Å². The number of ketones is 1. The number of hydrogen-bond acceptors (Lipinski definition) is 5. The molecule has 0 unspecified atom stereocenters. The molecule has 0 spiro atoms. The Labute approximate surface area is 175 Å². The second-order valence-electron chi connectivity index (χ2n) is 7.04. The van der Waals surface area contributed by atoms with Crippen LogP contribution in [0.3, 0.4) is 0 Å². The first-order valence-corrected chi connectivity index (χ1v) is 10.6. The number of carbonyl (C=O) groups is 3. The molecule has 1 fully saturated rings. The minimum Gasteiger partial charge on any atom is -0.465 e. The molecule has 0 bridgehead atoms. The average Bonchev–Trinajstić information content (AvgIpc) is 3.34. The molecule has 2 heterocycles. The molecule has 1 atom stereocenters. The predicted octanol–water partition coefficient (Wildman–Crippen LogP) is 3.83. The number of carbonyl (C=O) groups excluding carboxylic acids is 3. The Morgan fingerprint density at radius 2 is 2.00 bits per heavy atom. The number of thiophene rings is 1. The molecular weight excluding hydrogens is 386 g/mol. The van der Waals surface area contributed by atoms with Gasteiger partial charge in [0.1, 0.15) is 4.88 Å². The maximum absolute atomic E-state index is 12.2. The van der Waals surface area contributed by atoms with E-state index in [1.807, 2.05) is 47.4 Å². The van der Waals surface area contributed by atoms with Crippen LogP contribution in [0.4, 0.5) is 0 Å². The first-order chi connectivity index (χ1) is 14.1. The summed E-state index contributed by atoms with van der Waals surface area (Å²) in [7, 11) is 1.37. The van der Waals surface area contributed by atoms with Crippen LogP contribution in [-0.4, -0.2) is 42.3 Å². The molecule has 29 heavy (non-hydrogen) atoms. The summed E-state index contributed by atoms with van der Waals surface area (Å²) in [5.74, 6) is -0.137. The van der Waals surface area contributed by atoms with Crippen LogP contribution in [0.1, 0.15) is 39.4 Å². The van der Waals surface area contributed by atoms with Crippen LogP contribution >= 0.6 is 11.3 Å². The molecule has 1 aromatic carbocycles. The summed E-state index contributed by atoms with van der Waals surface area (Å²) in [5, 5.41) is 0. The Morgan fingerprint density at radius 3 is 2.76 bits per heavy atom. The zero-order chi connectivity index (χ0) is 20.6. The van der Waals surface area contributed by atoms with Crippen LogP contribution in [0.5, 0.6) is 0 Å². The van der Waals surface area contributed by atoms with E-state index in [1.54, 1.807) is 12.1 Å². The number of aryl methyl sites for hydroxylation is 1. The second kappa shape index (κ2) is 10.2. The Kier molecular flexibility index (Phi) is 7.36. The molecule has 0 aliphatic carbocycles. The number of rotatable bonds is 9. The van der Waals surface area contributed by atoms with Gasteiger partial charge in [-0.25, -0.2) is 4.79 Å². The monoisotopic (exact) mass is 411 g/mol. The summed E-state index contributed by atoms with van der Waals surface area (Å²) in [6.07, 6.45) is 6.75. The molecule has 1 aromatic heterocycles. The molecule has 1 amide bonds. The Balaban J connectivity index is 1.50. The normalized spacial score (nSPS) is 16.5. The third-order valence-electron chi connectivity index (χ3n) is 4.97. The van der Waals surface area contributed by atoms with E-state index in [0.29, 0.717) is 24.3 Å². The molecule has 152 valence electrons. The van der Waals surface area contributed by atoms with Crippen molar-refractivity contribution < 1.29 is 19.1 Å². The molecule has 0 radical (unpaired) electrons. The van der Waals surface area contributed by atoms with Gasteiger partial charge < -0.3 is 9.64 Å². The van der Waals surface area contributed by atoms with Crippen molar-refractivity contribution in [3.8, 4) is 0 Å². The van der Waals surface area contributed by atoms with Gasteiger partial charge in [0.2, 0.25) is 5.91 Å². The van der Waals surface area contributed by atoms with E-state index in [2.05, 4.69) is 0 Å². The first kappa shape index (κ1) is 21.0. The van der Waals surface area contributed by atoms with E-state index in [9.17, 15) is 14.4 Å². The zero-order valence-corrected chi connectivity index (χ0v) is 17.3. The van der Waals surface area contributed by atoms with Gasteiger partial charge >= 0.3 is 5.97 Å². The summed E-state index contributed by atoms with van der Waals surface area (Å²) in [5.41, 5.74) is 0.990. The van der Waals surface area contributed by atoms with Crippen molar-refractivity contribution in [1.29, 1.82) is 0 Å². The summed E-state index contributed by atoms with van der Waals surface area (Å²) in [4.78, 5) is 39.5. The fourth-order valence-electron chi connectivity index (χ4n) is 3.47. The highest BCUT2D eigenvalue weighted by Crippen LogP contribution is 2.23. The minimum absolute atomic E-state index is 0.0174. The number of nitrogens with zero attached hydrogens (tertiary/aromatic N) is 1. The quantitative estimate of drug-likeness (QED) is 0.465. The largest absolute Gasteiger partial charge is 0.465 e. The van der Waals surface area contributed by atoms with Crippen molar-refractivity contribution in [3.63, 3.8) is 0 Å². The Bertz CT molecular complexity index is 887. The fraction of sp³-hybridized carbons (Fsp3) is 0.348. The smallest absolute Gasteiger partial charge is 0.348 e. The second-order valence-corrected chi connectivity index (χ2v) is 8.21. The minimum atomic E-state index is -0.318. The first-order valence-electron chi connectivity index (χ1n) is 9.78. The van der Waals surface area contributed by atoms with Crippen molar-refractivity contribution in [2.45, 2.75) is 38.1 Å². The summed E-state index contributed by atoms with van der Waals surface area (Å²) >= 11 is 1.43.